The van der Waals surface area contributed by atoms with Gasteiger partial charge in [0.1, 0.15) is 5.82 Å². The van der Waals surface area contributed by atoms with E-state index in [1.54, 1.807) is 6.07 Å². The van der Waals surface area contributed by atoms with E-state index < -0.39 is 5.97 Å². The number of hydrogen-bond acceptors (Lipinski definition) is 5. The smallest absolute Gasteiger partial charge is 0.337 e. The highest BCUT2D eigenvalue weighted by Gasteiger charge is 2.02. The molecule has 0 saturated carbocycles. The Kier molecular flexibility index (Phi) is 5.98. The molecule has 17 heavy (non-hydrogen) atoms. The molecular weight excluding hydrogens is 224 g/mol. The van der Waals surface area contributed by atoms with Crippen molar-refractivity contribution in [3.8, 4) is 0 Å². The van der Waals surface area contributed by atoms with Crippen LogP contribution in [0.3, 0.4) is 0 Å². The molecule has 0 atom stereocenters. The number of aromatic carboxylic acids is 1. The van der Waals surface area contributed by atoms with E-state index in [1.807, 2.05) is 0 Å². The number of nitrogens with zero attached hydrogens (tertiary/aromatic N) is 1. The standard InChI is InChI=1S/C11H16N2O4/c14-5-7-17-6-1-4-12-10-3-2-9(8-13-10)11(15)16/h2-3,8,14H,1,4-7H2,(H,12,13)(H,15,16). The van der Waals surface area contributed by atoms with Crippen LogP contribution in [0.1, 0.15) is 16.8 Å². The molecule has 1 aromatic rings. The predicted octanol–water partition coefficient (Wildman–Crippen LogP) is 0.591. The van der Waals surface area contributed by atoms with Crippen LogP contribution in [0, 0.1) is 0 Å². The number of carboxylic acids is 1. The molecule has 0 aliphatic carbocycles. The third-order valence-corrected chi connectivity index (χ3v) is 2.02. The fourth-order valence-corrected chi connectivity index (χ4v) is 1.18. The van der Waals surface area contributed by atoms with Crippen LogP contribution in [-0.4, -0.2) is 47.5 Å². The van der Waals surface area contributed by atoms with Gasteiger partial charge in [-0.25, -0.2) is 9.78 Å². The number of aliphatic hydroxyl groups excluding tert-OH is 1. The van der Waals surface area contributed by atoms with Crippen molar-refractivity contribution in [3.05, 3.63) is 23.9 Å². The van der Waals surface area contributed by atoms with Crippen LogP contribution in [0.4, 0.5) is 5.82 Å². The normalized spacial score (nSPS) is 10.2. The molecule has 3 N–H and O–H groups in total. The lowest BCUT2D eigenvalue weighted by Crippen LogP contribution is -2.08. The van der Waals surface area contributed by atoms with Gasteiger partial charge in [0.25, 0.3) is 0 Å². The summed E-state index contributed by atoms with van der Waals surface area (Å²) in [6.45, 7) is 1.64. The van der Waals surface area contributed by atoms with Crippen molar-refractivity contribution in [2.24, 2.45) is 0 Å². The number of pyridine rings is 1. The molecule has 0 spiro atoms. The number of aliphatic hydroxyl groups is 1. The van der Waals surface area contributed by atoms with E-state index in [0.717, 1.165) is 6.42 Å². The summed E-state index contributed by atoms with van der Waals surface area (Å²) in [7, 11) is 0. The van der Waals surface area contributed by atoms with Crippen molar-refractivity contribution in [2.45, 2.75) is 6.42 Å². The van der Waals surface area contributed by atoms with Gasteiger partial charge in [-0.2, -0.15) is 0 Å². The summed E-state index contributed by atoms with van der Waals surface area (Å²) in [5, 5.41) is 20.2. The highest BCUT2D eigenvalue weighted by atomic mass is 16.5. The Labute approximate surface area is 99.3 Å². The van der Waals surface area contributed by atoms with Crippen molar-refractivity contribution in [1.82, 2.24) is 4.98 Å². The zero-order valence-corrected chi connectivity index (χ0v) is 9.43. The predicted molar refractivity (Wildman–Crippen MR) is 62.2 cm³/mol. The number of nitrogens with one attached hydrogen (secondary N) is 1. The van der Waals surface area contributed by atoms with Crippen LogP contribution < -0.4 is 5.32 Å². The average Bonchev–Trinajstić information content (AvgIpc) is 2.34. The number of carbonyl (C=O) groups is 1. The van der Waals surface area contributed by atoms with Gasteiger partial charge in [0.15, 0.2) is 0 Å². The van der Waals surface area contributed by atoms with Gasteiger partial charge < -0.3 is 20.3 Å². The molecule has 0 aliphatic heterocycles. The minimum Gasteiger partial charge on any atom is -0.478 e. The highest BCUT2D eigenvalue weighted by molar-refractivity contribution is 5.87. The van der Waals surface area contributed by atoms with Crippen LogP contribution >= 0.6 is 0 Å². The monoisotopic (exact) mass is 240 g/mol. The third kappa shape index (κ3) is 5.28. The summed E-state index contributed by atoms with van der Waals surface area (Å²) >= 11 is 0. The van der Waals surface area contributed by atoms with E-state index in [1.165, 1.54) is 12.3 Å². The van der Waals surface area contributed by atoms with Crippen LogP contribution in [0.25, 0.3) is 0 Å². The Morgan fingerprint density at radius 1 is 1.41 bits per heavy atom. The Morgan fingerprint density at radius 3 is 2.82 bits per heavy atom. The van der Waals surface area contributed by atoms with Crippen molar-refractivity contribution < 1.29 is 19.7 Å². The molecule has 1 heterocycles. The number of anilines is 1. The van der Waals surface area contributed by atoms with E-state index >= 15 is 0 Å². The lowest BCUT2D eigenvalue weighted by atomic mass is 10.3. The fourth-order valence-electron chi connectivity index (χ4n) is 1.18. The van der Waals surface area contributed by atoms with E-state index in [-0.39, 0.29) is 12.2 Å². The summed E-state index contributed by atoms with van der Waals surface area (Å²) in [5.74, 6) is -0.349. The highest BCUT2D eigenvalue weighted by Crippen LogP contribution is 2.04. The van der Waals surface area contributed by atoms with Crippen LogP contribution in [0.2, 0.25) is 0 Å². The van der Waals surface area contributed by atoms with Gasteiger partial charge >= 0.3 is 5.97 Å². The second-order valence-electron chi connectivity index (χ2n) is 3.35. The van der Waals surface area contributed by atoms with Gasteiger partial charge in [0, 0.05) is 19.3 Å². The first-order chi connectivity index (χ1) is 8.24. The largest absolute Gasteiger partial charge is 0.478 e. The SMILES string of the molecule is O=C(O)c1ccc(NCCCOCCO)nc1. The van der Waals surface area contributed by atoms with E-state index in [2.05, 4.69) is 10.3 Å². The molecule has 0 fully saturated rings. The fraction of sp³-hybridized carbons (Fsp3) is 0.455. The quantitative estimate of drug-likeness (QED) is 0.576. The first kappa shape index (κ1) is 13.4. The number of carboxylic acid groups (broad SMARTS) is 1. The summed E-state index contributed by atoms with van der Waals surface area (Å²) in [6, 6.07) is 3.12. The molecule has 6 heteroatoms. The number of hydrogen-bond donors (Lipinski definition) is 3. The number of aromatic nitrogens is 1. The lowest BCUT2D eigenvalue weighted by Gasteiger charge is -2.05. The van der Waals surface area contributed by atoms with Crippen LogP contribution in [0.15, 0.2) is 18.3 Å². The maximum absolute atomic E-state index is 10.6. The Bertz CT molecular complexity index is 340. The maximum Gasteiger partial charge on any atom is 0.337 e. The molecular formula is C11H16N2O4. The molecule has 0 aliphatic rings. The van der Waals surface area contributed by atoms with Gasteiger partial charge in [-0.05, 0) is 18.6 Å². The zero-order chi connectivity index (χ0) is 12.5. The van der Waals surface area contributed by atoms with Gasteiger partial charge in [0.2, 0.25) is 0 Å². The minimum atomic E-state index is -0.985. The molecule has 0 saturated heterocycles. The Morgan fingerprint density at radius 2 is 2.24 bits per heavy atom. The number of rotatable bonds is 8. The topological polar surface area (TPSA) is 91.7 Å². The first-order valence-electron chi connectivity index (χ1n) is 5.36. The molecule has 6 nitrogen and oxygen atoms in total. The zero-order valence-electron chi connectivity index (χ0n) is 9.43. The summed E-state index contributed by atoms with van der Waals surface area (Å²) in [5.41, 5.74) is 0.168. The Balaban J connectivity index is 2.21. The van der Waals surface area contributed by atoms with Crippen molar-refractivity contribution in [1.29, 1.82) is 0 Å². The van der Waals surface area contributed by atoms with E-state index in [0.29, 0.717) is 25.6 Å². The average molecular weight is 240 g/mol. The second-order valence-corrected chi connectivity index (χ2v) is 3.35. The van der Waals surface area contributed by atoms with Crippen molar-refractivity contribution in [2.75, 3.05) is 31.7 Å². The second kappa shape index (κ2) is 7.59. The summed E-state index contributed by atoms with van der Waals surface area (Å²) in [6.07, 6.45) is 2.11. The molecule has 0 amide bonds. The minimum absolute atomic E-state index is 0.0334. The van der Waals surface area contributed by atoms with Crippen LogP contribution in [-0.2, 0) is 4.74 Å². The molecule has 1 aromatic heterocycles. The van der Waals surface area contributed by atoms with E-state index in [4.69, 9.17) is 14.9 Å². The first-order valence-corrected chi connectivity index (χ1v) is 5.36. The van der Waals surface area contributed by atoms with Gasteiger partial charge in [-0.1, -0.05) is 0 Å². The lowest BCUT2D eigenvalue weighted by molar-refractivity contribution is 0.0696. The number of ether oxygens (including phenoxy) is 1. The summed E-state index contributed by atoms with van der Waals surface area (Å²) in [4.78, 5) is 14.5. The molecule has 1 rings (SSSR count). The molecule has 0 radical (unpaired) electrons. The summed E-state index contributed by atoms with van der Waals surface area (Å²) < 4.78 is 5.08. The van der Waals surface area contributed by atoms with Gasteiger partial charge in [0.05, 0.1) is 18.8 Å². The third-order valence-electron chi connectivity index (χ3n) is 2.02. The van der Waals surface area contributed by atoms with Crippen molar-refractivity contribution in [3.63, 3.8) is 0 Å². The van der Waals surface area contributed by atoms with Gasteiger partial charge in [-0.15, -0.1) is 0 Å². The van der Waals surface area contributed by atoms with Gasteiger partial charge in [-0.3, -0.25) is 0 Å². The van der Waals surface area contributed by atoms with Crippen LogP contribution in [0.5, 0.6) is 0 Å². The maximum atomic E-state index is 10.6. The van der Waals surface area contributed by atoms with E-state index in [9.17, 15) is 4.79 Å². The molecule has 0 aromatic carbocycles. The molecule has 94 valence electrons. The molecule has 0 unspecified atom stereocenters. The van der Waals surface area contributed by atoms with Crippen molar-refractivity contribution >= 4 is 11.8 Å². The molecule has 0 bridgehead atoms. The Hall–Kier alpha value is -1.66.